The summed E-state index contributed by atoms with van der Waals surface area (Å²) in [7, 11) is 1.16. The highest BCUT2D eigenvalue weighted by atomic mass is 35.5. The standard InChI is InChI=1S/C19H13ClF3NO3S/c1-26-18(25)5-11-4-17(23)13(7-16(11)22)14-9-28-24-19(14)27-8-10-2-3-12(20)6-15(10)21/h2-4,6-7,9H,5,8H2,1H3. The van der Waals surface area contributed by atoms with Crippen LogP contribution < -0.4 is 4.74 Å². The summed E-state index contributed by atoms with van der Waals surface area (Å²) in [5.41, 5.74) is 0.261. The Kier molecular flexibility index (Phi) is 6.21. The van der Waals surface area contributed by atoms with E-state index in [-0.39, 0.29) is 46.2 Å². The van der Waals surface area contributed by atoms with E-state index in [0.717, 1.165) is 36.8 Å². The van der Waals surface area contributed by atoms with E-state index in [1.54, 1.807) is 0 Å². The number of methoxy groups -OCH3 is 1. The zero-order chi connectivity index (χ0) is 20.3. The number of carbonyl (C=O) groups excluding carboxylic acids is 1. The van der Waals surface area contributed by atoms with Crippen LogP contribution in [0.5, 0.6) is 5.88 Å². The Bertz CT molecular complexity index is 1030. The average molecular weight is 428 g/mol. The minimum atomic E-state index is -0.761. The molecular formula is C19H13ClF3NO3S. The Morgan fingerprint density at radius 1 is 1.07 bits per heavy atom. The second-order valence-electron chi connectivity index (χ2n) is 5.73. The molecule has 1 aromatic heterocycles. The monoisotopic (exact) mass is 427 g/mol. The smallest absolute Gasteiger partial charge is 0.310 e. The molecule has 0 aliphatic rings. The first kappa shape index (κ1) is 20.2. The van der Waals surface area contributed by atoms with Crippen LogP contribution in [-0.2, 0) is 22.6 Å². The number of ether oxygens (including phenoxy) is 2. The van der Waals surface area contributed by atoms with Gasteiger partial charge in [0, 0.05) is 27.1 Å². The number of rotatable bonds is 6. The van der Waals surface area contributed by atoms with E-state index >= 15 is 0 Å². The van der Waals surface area contributed by atoms with Crippen molar-refractivity contribution < 1.29 is 27.4 Å². The molecule has 0 radical (unpaired) electrons. The Morgan fingerprint density at radius 2 is 1.82 bits per heavy atom. The van der Waals surface area contributed by atoms with E-state index < -0.39 is 23.4 Å². The predicted octanol–water partition coefficient (Wildman–Crippen LogP) is 5.18. The number of hydrogen-bond donors (Lipinski definition) is 0. The molecule has 1 heterocycles. The van der Waals surface area contributed by atoms with E-state index in [0.29, 0.717) is 0 Å². The van der Waals surface area contributed by atoms with Crippen LogP contribution in [0, 0.1) is 17.5 Å². The van der Waals surface area contributed by atoms with Crippen LogP contribution in [0.15, 0.2) is 35.7 Å². The highest BCUT2D eigenvalue weighted by Crippen LogP contribution is 2.34. The zero-order valence-electron chi connectivity index (χ0n) is 14.5. The second-order valence-corrected chi connectivity index (χ2v) is 6.80. The molecule has 0 N–H and O–H groups in total. The van der Waals surface area contributed by atoms with Crippen molar-refractivity contribution in [2.45, 2.75) is 13.0 Å². The van der Waals surface area contributed by atoms with Gasteiger partial charge >= 0.3 is 5.97 Å². The lowest BCUT2D eigenvalue weighted by atomic mass is 10.0. The van der Waals surface area contributed by atoms with E-state index in [1.165, 1.54) is 17.5 Å². The largest absolute Gasteiger partial charge is 0.472 e. The van der Waals surface area contributed by atoms with Gasteiger partial charge in [-0.15, -0.1) is 0 Å². The Morgan fingerprint density at radius 3 is 2.54 bits per heavy atom. The molecule has 0 aliphatic carbocycles. The molecular weight excluding hydrogens is 415 g/mol. The molecule has 0 spiro atoms. The number of carbonyl (C=O) groups is 1. The lowest BCUT2D eigenvalue weighted by Crippen LogP contribution is -2.07. The van der Waals surface area contributed by atoms with Gasteiger partial charge in [0.25, 0.3) is 0 Å². The fourth-order valence-corrected chi connectivity index (χ4v) is 3.24. The SMILES string of the molecule is COC(=O)Cc1cc(F)c(-c2csnc2OCc2ccc(Cl)cc2F)cc1F. The molecule has 0 atom stereocenters. The topological polar surface area (TPSA) is 48.4 Å². The third kappa shape index (κ3) is 4.45. The van der Waals surface area contributed by atoms with Gasteiger partial charge in [0.05, 0.1) is 19.1 Å². The number of aromatic nitrogens is 1. The van der Waals surface area contributed by atoms with E-state index in [9.17, 15) is 18.0 Å². The Hall–Kier alpha value is -2.58. The molecule has 3 aromatic rings. The molecule has 9 heteroatoms. The van der Waals surface area contributed by atoms with Crippen molar-refractivity contribution in [1.82, 2.24) is 4.37 Å². The Balaban J connectivity index is 1.85. The van der Waals surface area contributed by atoms with Crippen molar-refractivity contribution in [3.8, 4) is 17.0 Å². The van der Waals surface area contributed by atoms with Crippen molar-refractivity contribution in [1.29, 1.82) is 0 Å². The molecule has 0 saturated heterocycles. The molecule has 0 unspecified atom stereocenters. The van der Waals surface area contributed by atoms with Gasteiger partial charge < -0.3 is 9.47 Å². The lowest BCUT2D eigenvalue weighted by molar-refractivity contribution is -0.139. The summed E-state index contributed by atoms with van der Waals surface area (Å²) in [5, 5.41) is 1.74. The first-order valence-corrected chi connectivity index (χ1v) is 9.16. The highest BCUT2D eigenvalue weighted by molar-refractivity contribution is 7.04. The summed E-state index contributed by atoms with van der Waals surface area (Å²) in [4.78, 5) is 11.3. The van der Waals surface area contributed by atoms with Crippen LogP contribution in [0.4, 0.5) is 13.2 Å². The summed E-state index contributed by atoms with van der Waals surface area (Å²) in [6.07, 6.45) is -0.388. The quantitative estimate of drug-likeness (QED) is 0.509. The highest BCUT2D eigenvalue weighted by Gasteiger charge is 2.19. The summed E-state index contributed by atoms with van der Waals surface area (Å²) in [6.45, 7) is -0.162. The number of nitrogens with zero attached hydrogens (tertiary/aromatic N) is 1. The molecule has 0 saturated carbocycles. The zero-order valence-corrected chi connectivity index (χ0v) is 16.0. The minimum absolute atomic E-state index is 0.0402. The first-order valence-electron chi connectivity index (χ1n) is 7.95. The molecule has 4 nitrogen and oxygen atoms in total. The third-order valence-electron chi connectivity index (χ3n) is 3.90. The summed E-state index contributed by atoms with van der Waals surface area (Å²) in [6, 6.07) is 6.03. The van der Waals surface area contributed by atoms with Crippen molar-refractivity contribution in [2.24, 2.45) is 0 Å². The van der Waals surface area contributed by atoms with Crippen LogP contribution in [0.25, 0.3) is 11.1 Å². The van der Waals surface area contributed by atoms with Crippen LogP contribution in [-0.4, -0.2) is 17.5 Å². The number of hydrogen-bond acceptors (Lipinski definition) is 5. The van der Waals surface area contributed by atoms with Gasteiger partial charge in [-0.05, 0) is 35.8 Å². The normalized spacial score (nSPS) is 10.8. The summed E-state index contributed by atoms with van der Waals surface area (Å²) < 4.78 is 56.7. The third-order valence-corrected chi connectivity index (χ3v) is 4.75. The number of benzene rings is 2. The van der Waals surface area contributed by atoms with Gasteiger partial charge in [-0.2, -0.15) is 4.37 Å². The van der Waals surface area contributed by atoms with Crippen LogP contribution in [0.3, 0.4) is 0 Å². The number of esters is 1. The molecule has 0 aliphatic heterocycles. The van der Waals surface area contributed by atoms with Gasteiger partial charge in [-0.25, -0.2) is 13.2 Å². The van der Waals surface area contributed by atoms with E-state index in [4.69, 9.17) is 16.3 Å². The molecule has 28 heavy (non-hydrogen) atoms. The minimum Gasteiger partial charge on any atom is -0.472 e. The van der Waals surface area contributed by atoms with Crippen LogP contribution in [0.1, 0.15) is 11.1 Å². The van der Waals surface area contributed by atoms with E-state index in [2.05, 4.69) is 9.11 Å². The second kappa shape index (κ2) is 8.62. The molecule has 0 bridgehead atoms. The lowest BCUT2D eigenvalue weighted by Gasteiger charge is -2.10. The molecule has 0 fully saturated rings. The molecule has 0 amide bonds. The fraction of sp³-hybridized carbons (Fsp3) is 0.158. The maximum absolute atomic E-state index is 14.5. The average Bonchev–Trinajstić information content (AvgIpc) is 3.12. The maximum atomic E-state index is 14.5. The van der Waals surface area contributed by atoms with Gasteiger partial charge in [-0.1, -0.05) is 17.7 Å². The summed E-state index contributed by atoms with van der Waals surface area (Å²) in [5.74, 6) is -2.70. The van der Waals surface area contributed by atoms with Gasteiger partial charge in [0.15, 0.2) is 0 Å². The van der Waals surface area contributed by atoms with Crippen molar-refractivity contribution in [3.63, 3.8) is 0 Å². The predicted molar refractivity (Wildman–Crippen MR) is 98.9 cm³/mol. The Labute approximate surface area is 167 Å². The van der Waals surface area contributed by atoms with Crippen molar-refractivity contribution >= 4 is 29.1 Å². The van der Waals surface area contributed by atoms with Crippen molar-refractivity contribution in [3.05, 3.63) is 69.3 Å². The molecule has 146 valence electrons. The first-order chi connectivity index (χ1) is 13.4. The van der Waals surface area contributed by atoms with Gasteiger partial charge in [0.1, 0.15) is 24.1 Å². The summed E-state index contributed by atoms with van der Waals surface area (Å²) >= 11 is 6.69. The van der Waals surface area contributed by atoms with Crippen LogP contribution in [0.2, 0.25) is 5.02 Å². The van der Waals surface area contributed by atoms with Crippen LogP contribution >= 0.6 is 23.1 Å². The van der Waals surface area contributed by atoms with E-state index in [1.807, 2.05) is 0 Å². The van der Waals surface area contributed by atoms with Gasteiger partial charge in [0.2, 0.25) is 5.88 Å². The van der Waals surface area contributed by atoms with Crippen molar-refractivity contribution in [2.75, 3.05) is 7.11 Å². The maximum Gasteiger partial charge on any atom is 0.310 e. The molecule has 3 rings (SSSR count). The fourth-order valence-electron chi connectivity index (χ4n) is 2.45. The molecule has 2 aromatic carbocycles. The van der Waals surface area contributed by atoms with Gasteiger partial charge in [-0.3, -0.25) is 4.79 Å². The number of halogens is 4.